The van der Waals surface area contributed by atoms with Crippen LogP contribution in [0.5, 0.6) is 0 Å². The number of ether oxygens (including phenoxy) is 3. The van der Waals surface area contributed by atoms with Crippen molar-refractivity contribution in [1.82, 2.24) is 10.2 Å². The van der Waals surface area contributed by atoms with Crippen molar-refractivity contribution in [1.29, 1.82) is 0 Å². The molecule has 2 N–H and O–H groups in total. The molecule has 3 aromatic rings. The van der Waals surface area contributed by atoms with E-state index in [1.807, 2.05) is 91.0 Å². The lowest BCUT2D eigenvalue weighted by molar-refractivity contribution is -0.124. The van der Waals surface area contributed by atoms with Crippen molar-refractivity contribution in [3.05, 3.63) is 108 Å². The molecule has 1 aliphatic carbocycles. The van der Waals surface area contributed by atoms with Gasteiger partial charge >= 0.3 is 12.2 Å². The number of nitrogens with zero attached hydrogens (tertiary/aromatic N) is 1. The molecule has 1 saturated heterocycles. The minimum atomic E-state index is -0.697. The summed E-state index contributed by atoms with van der Waals surface area (Å²) in [7, 11) is 0. The first-order chi connectivity index (χ1) is 20.6. The summed E-state index contributed by atoms with van der Waals surface area (Å²) in [6.07, 6.45) is 1.48. The number of nitrogens with one attached hydrogen (secondary N) is 1. The standard InChI is InChI=1S/C34H40N2O6/c37-24-34(25-40-20-26-10-4-1-5-11-26)23-36(33(39)42-22-28-14-8-3-9-15-28)30-17-16-29(31(34)18-30)19-35-32(38)41-21-27-12-6-2-7-13-27/h1-15,29-31,37H,16-25H2,(H,35,38)/t29-,30-,31-,34+/m1/s1. The van der Waals surface area contributed by atoms with Crippen molar-refractivity contribution in [2.24, 2.45) is 17.3 Å². The Morgan fingerprint density at radius 3 is 1.98 bits per heavy atom. The van der Waals surface area contributed by atoms with Crippen LogP contribution in [0.15, 0.2) is 91.0 Å². The summed E-state index contributed by atoms with van der Waals surface area (Å²) in [5.74, 6) is 0.158. The molecule has 4 atom stereocenters. The van der Waals surface area contributed by atoms with E-state index in [9.17, 15) is 14.7 Å². The molecular weight excluding hydrogens is 532 g/mol. The fourth-order valence-corrected chi connectivity index (χ4v) is 6.39. The molecule has 2 fully saturated rings. The van der Waals surface area contributed by atoms with Crippen molar-refractivity contribution < 1.29 is 28.9 Å². The van der Waals surface area contributed by atoms with Gasteiger partial charge in [-0.25, -0.2) is 9.59 Å². The summed E-state index contributed by atoms with van der Waals surface area (Å²) in [5, 5.41) is 13.8. The molecular formula is C34H40N2O6. The molecule has 2 bridgehead atoms. The van der Waals surface area contributed by atoms with Gasteiger partial charge in [-0.15, -0.1) is 0 Å². The zero-order chi connectivity index (χ0) is 29.2. The second-order valence-electron chi connectivity index (χ2n) is 11.4. The molecule has 1 aliphatic heterocycles. The van der Waals surface area contributed by atoms with E-state index in [4.69, 9.17) is 14.2 Å². The first kappa shape index (κ1) is 29.6. The Bertz CT molecular complexity index is 1270. The average Bonchev–Trinajstić information content (AvgIpc) is 3.05. The molecule has 42 heavy (non-hydrogen) atoms. The highest BCUT2D eigenvalue weighted by molar-refractivity contribution is 5.68. The quantitative estimate of drug-likeness (QED) is 0.313. The van der Waals surface area contributed by atoms with E-state index >= 15 is 0 Å². The largest absolute Gasteiger partial charge is 0.445 e. The van der Waals surface area contributed by atoms with Crippen LogP contribution >= 0.6 is 0 Å². The Morgan fingerprint density at radius 2 is 1.38 bits per heavy atom. The molecule has 0 spiro atoms. The Labute approximate surface area is 247 Å². The Kier molecular flexibility index (Phi) is 10.1. The van der Waals surface area contributed by atoms with Gasteiger partial charge in [0.25, 0.3) is 0 Å². The number of benzene rings is 3. The number of hydrogen-bond donors (Lipinski definition) is 2. The topological polar surface area (TPSA) is 97.3 Å². The van der Waals surface area contributed by atoms with E-state index in [-0.39, 0.29) is 50.4 Å². The molecule has 8 nitrogen and oxygen atoms in total. The zero-order valence-corrected chi connectivity index (χ0v) is 23.9. The van der Waals surface area contributed by atoms with E-state index in [0.29, 0.717) is 26.1 Å². The number of carbonyl (C=O) groups is 2. The van der Waals surface area contributed by atoms with Crippen LogP contribution in [0, 0.1) is 17.3 Å². The van der Waals surface area contributed by atoms with Gasteiger partial charge in [0, 0.05) is 24.5 Å². The number of carbonyl (C=O) groups excluding carboxylic acids is 2. The van der Waals surface area contributed by atoms with E-state index in [0.717, 1.165) is 29.5 Å². The molecule has 222 valence electrons. The van der Waals surface area contributed by atoms with Crippen LogP contribution in [0.2, 0.25) is 0 Å². The first-order valence-corrected chi connectivity index (χ1v) is 14.7. The smallest absolute Gasteiger partial charge is 0.410 e. The number of rotatable bonds is 11. The van der Waals surface area contributed by atoms with Gasteiger partial charge in [-0.05, 0) is 47.8 Å². The van der Waals surface area contributed by atoms with Crippen LogP contribution in [0.25, 0.3) is 0 Å². The number of fused-ring (bicyclic) bond motifs is 2. The number of aliphatic hydroxyl groups excluding tert-OH is 1. The maximum absolute atomic E-state index is 13.4. The van der Waals surface area contributed by atoms with Crippen molar-refractivity contribution in [3.8, 4) is 0 Å². The molecule has 8 heteroatoms. The van der Waals surface area contributed by atoms with E-state index in [1.54, 1.807) is 4.90 Å². The van der Waals surface area contributed by atoms with Crippen LogP contribution < -0.4 is 5.32 Å². The normalized spacial score (nSPS) is 23.2. The summed E-state index contributed by atoms with van der Waals surface area (Å²) in [5.41, 5.74) is 2.20. The predicted octanol–water partition coefficient (Wildman–Crippen LogP) is 5.55. The van der Waals surface area contributed by atoms with Gasteiger partial charge in [-0.2, -0.15) is 0 Å². The Morgan fingerprint density at radius 1 is 0.810 bits per heavy atom. The number of alkyl carbamates (subject to hydrolysis) is 1. The minimum absolute atomic E-state index is 0.00774. The van der Waals surface area contributed by atoms with Gasteiger partial charge in [0.1, 0.15) is 13.2 Å². The van der Waals surface area contributed by atoms with E-state index < -0.39 is 11.5 Å². The number of likely N-dealkylation sites (tertiary alicyclic amines) is 1. The highest BCUT2D eigenvalue weighted by atomic mass is 16.6. The van der Waals surface area contributed by atoms with Gasteiger partial charge in [-0.1, -0.05) is 91.0 Å². The third-order valence-electron chi connectivity index (χ3n) is 8.66. The fourth-order valence-electron chi connectivity index (χ4n) is 6.39. The highest BCUT2D eigenvalue weighted by Gasteiger charge is 2.53. The molecule has 1 heterocycles. The van der Waals surface area contributed by atoms with Crippen molar-refractivity contribution in [2.75, 3.05) is 26.3 Å². The molecule has 2 amide bonds. The van der Waals surface area contributed by atoms with Crippen LogP contribution in [-0.2, 0) is 34.0 Å². The summed E-state index contributed by atoms with van der Waals surface area (Å²) in [6.45, 7) is 1.72. The lowest BCUT2D eigenvalue weighted by Gasteiger charge is -2.55. The summed E-state index contributed by atoms with van der Waals surface area (Å²) >= 11 is 0. The summed E-state index contributed by atoms with van der Waals surface area (Å²) in [4.78, 5) is 27.7. The molecule has 0 aromatic heterocycles. The van der Waals surface area contributed by atoms with Crippen molar-refractivity contribution in [2.45, 2.75) is 45.1 Å². The zero-order valence-electron chi connectivity index (χ0n) is 23.9. The lowest BCUT2D eigenvalue weighted by Crippen LogP contribution is -2.63. The molecule has 2 aliphatic rings. The third-order valence-corrected chi connectivity index (χ3v) is 8.66. The average molecular weight is 573 g/mol. The van der Waals surface area contributed by atoms with Crippen LogP contribution in [0.4, 0.5) is 9.59 Å². The highest BCUT2D eigenvalue weighted by Crippen LogP contribution is 2.48. The molecule has 0 unspecified atom stereocenters. The van der Waals surface area contributed by atoms with E-state index in [2.05, 4.69) is 5.32 Å². The Hall–Kier alpha value is -3.88. The lowest BCUT2D eigenvalue weighted by atomic mass is 9.60. The van der Waals surface area contributed by atoms with Crippen molar-refractivity contribution in [3.63, 3.8) is 0 Å². The monoisotopic (exact) mass is 572 g/mol. The van der Waals surface area contributed by atoms with Gasteiger partial charge in [0.15, 0.2) is 0 Å². The molecule has 3 aromatic carbocycles. The SMILES string of the molecule is O=C(NC[C@H]1CC[C@@H]2C[C@H]1[C@@](CO)(COCc1ccccc1)CN2C(=O)OCc1ccccc1)OCc1ccccc1. The molecule has 1 saturated carbocycles. The molecule has 0 radical (unpaired) electrons. The maximum atomic E-state index is 13.4. The maximum Gasteiger partial charge on any atom is 0.410 e. The van der Waals surface area contributed by atoms with Crippen molar-refractivity contribution >= 4 is 12.2 Å². The van der Waals surface area contributed by atoms with Gasteiger partial charge in [0.2, 0.25) is 0 Å². The van der Waals surface area contributed by atoms with Gasteiger partial charge in [-0.3, -0.25) is 0 Å². The van der Waals surface area contributed by atoms with Gasteiger partial charge in [0.05, 0.1) is 19.8 Å². The Balaban J connectivity index is 1.25. The number of aliphatic hydroxyl groups is 1. The van der Waals surface area contributed by atoms with Gasteiger partial charge < -0.3 is 29.5 Å². The fraction of sp³-hybridized carbons (Fsp3) is 0.412. The van der Waals surface area contributed by atoms with Crippen LogP contribution in [0.3, 0.4) is 0 Å². The van der Waals surface area contributed by atoms with E-state index in [1.165, 1.54) is 0 Å². The minimum Gasteiger partial charge on any atom is -0.445 e. The predicted molar refractivity (Wildman–Crippen MR) is 158 cm³/mol. The third kappa shape index (κ3) is 7.49. The number of hydrogen-bond acceptors (Lipinski definition) is 6. The summed E-state index contributed by atoms with van der Waals surface area (Å²) in [6, 6.07) is 29.1. The van der Waals surface area contributed by atoms with Crippen LogP contribution in [0.1, 0.15) is 36.0 Å². The number of piperidine rings is 1. The second kappa shape index (κ2) is 14.3. The number of amides is 2. The van der Waals surface area contributed by atoms with Crippen LogP contribution in [-0.4, -0.2) is 54.5 Å². The summed E-state index contributed by atoms with van der Waals surface area (Å²) < 4.78 is 17.4. The second-order valence-corrected chi connectivity index (χ2v) is 11.4. The first-order valence-electron chi connectivity index (χ1n) is 14.7. The molecule has 5 rings (SSSR count).